The van der Waals surface area contributed by atoms with E-state index in [9.17, 15) is 5.11 Å². The Kier molecular flexibility index (Phi) is 4.54. The van der Waals surface area contributed by atoms with Gasteiger partial charge in [-0.05, 0) is 47.6 Å². The van der Waals surface area contributed by atoms with Gasteiger partial charge in [-0.15, -0.1) is 0 Å². The average Bonchev–Trinajstić information content (AvgIpc) is 2.40. The van der Waals surface area contributed by atoms with E-state index in [0.29, 0.717) is 22.4 Å². The molecule has 1 aliphatic carbocycles. The Labute approximate surface area is 135 Å². The van der Waals surface area contributed by atoms with Gasteiger partial charge in [-0.3, -0.25) is 0 Å². The summed E-state index contributed by atoms with van der Waals surface area (Å²) in [4.78, 5) is 0. The molecule has 1 N–H and O–H groups in total. The molecule has 0 aliphatic heterocycles. The summed E-state index contributed by atoms with van der Waals surface area (Å²) in [5.74, 6) is 0.608. The van der Waals surface area contributed by atoms with Crippen LogP contribution in [0.25, 0.3) is 0 Å². The van der Waals surface area contributed by atoms with Crippen LogP contribution in [-0.4, -0.2) is 5.11 Å². The maximum atomic E-state index is 10.6. The normalized spacial score (nSPS) is 16.5. The van der Waals surface area contributed by atoms with E-state index in [4.69, 9.17) is 23.2 Å². The molecular formula is C18H18Cl2O. The van der Waals surface area contributed by atoms with Gasteiger partial charge in [0.1, 0.15) is 0 Å². The van der Waals surface area contributed by atoms with Crippen LogP contribution in [0, 0.1) is 0 Å². The standard InChI is InChI=1S/C18H18Cl2O/c19-14-9-8-13(17(20)11-14)10-18(21)16-7-2-1-6-15(16)12-4-3-5-12/h1-2,6-9,11-12,18,21H,3-5,10H2. The minimum Gasteiger partial charge on any atom is -0.388 e. The van der Waals surface area contributed by atoms with Crippen LogP contribution in [0.5, 0.6) is 0 Å². The molecule has 3 heteroatoms. The Hall–Kier alpha value is -1.02. The van der Waals surface area contributed by atoms with Crippen LogP contribution in [0.2, 0.25) is 10.0 Å². The second kappa shape index (κ2) is 6.39. The van der Waals surface area contributed by atoms with E-state index in [1.807, 2.05) is 24.3 Å². The van der Waals surface area contributed by atoms with Gasteiger partial charge in [0.2, 0.25) is 0 Å². The number of aliphatic hydroxyl groups is 1. The van der Waals surface area contributed by atoms with E-state index in [1.54, 1.807) is 6.07 Å². The van der Waals surface area contributed by atoms with Crippen LogP contribution in [0.1, 0.15) is 48.0 Å². The molecule has 1 nitrogen and oxygen atoms in total. The number of hydrogen-bond donors (Lipinski definition) is 1. The summed E-state index contributed by atoms with van der Waals surface area (Å²) in [6.45, 7) is 0. The van der Waals surface area contributed by atoms with E-state index in [1.165, 1.54) is 24.8 Å². The topological polar surface area (TPSA) is 20.2 Å². The maximum Gasteiger partial charge on any atom is 0.0833 e. The Morgan fingerprint density at radius 2 is 1.86 bits per heavy atom. The highest BCUT2D eigenvalue weighted by Crippen LogP contribution is 2.40. The van der Waals surface area contributed by atoms with Gasteiger partial charge in [-0.25, -0.2) is 0 Å². The summed E-state index contributed by atoms with van der Waals surface area (Å²) in [5.41, 5.74) is 3.26. The molecule has 1 unspecified atom stereocenters. The summed E-state index contributed by atoms with van der Waals surface area (Å²) >= 11 is 12.1. The lowest BCUT2D eigenvalue weighted by molar-refractivity contribution is 0.176. The van der Waals surface area contributed by atoms with E-state index in [0.717, 1.165) is 11.1 Å². The molecule has 0 bridgehead atoms. The minimum absolute atomic E-state index is 0.514. The Bertz CT molecular complexity index is 635. The van der Waals surface area contributed by atoms with Crippen LogP contribution >= 0.6 is 23.2 Å². The third-order valence-electron chi connectivity index (χ3n) is 4.33. The van der Waals surface area contributed by atoms with Crippen LogP contribution < -0.4 is 0 Å². The van der Waals surface area contributed by atoms with Crippen molar-refractivity contribution >= 4 is 23.2 Å². The smallest absolute Gasteiger partial charge is 0.0833 e. The zero-order valence-corrected chi connectivity index (χ0v) is 13.2. The molecule has 0 radical (unpaired) electrons. The van der Waals surface area contributed by atoms with Gasteiger partial charge in [-0.2, -0.15) is 0 Å². The van der Waals surface area contributed by atoms with Crippen LogP contribution in [0.3, 0.4) is 0 Å². The monoisotopic (exact) mass is 320 g/mol. The third-order valence-corrected chi connectivity index (χ3v) is 4.92. The fourth-order valence-electron chi connectivity index (χ4n) is 2.91. The zero-order valence-electron chi connectivity index (χ0n) is 11.7. The first kappa shape index (κ1) is 14.9. The molecule has 2 aromatic carbocycles. The van der Waals surface area contributed by atoms with Crippen LogP contribution in [0.4, 0.5) is 0 Å². The Morgan fingerprint density at radius 1 is 1.10 bits per heavy atom. The Morgan fingerprint density at radius 3 is 2.52 bits per heavy atom. The molecule has 0 spiro atoms. The number of rotatable bonds is 4. The van der Waals surface area contributed by atoms with Gasteiger partial charge in [0, 0.05) is 16.5 Å². The minimum atomic E-state index is -0.527. The lowest BCUT2D eigenvalue weighted by Crippen LogP contribution is -2.14. The van der Waals surface area contributed by atoms with Gasteiger partial charge in [0.15, 0.2) is 0 Å². The summed E-state index contributed by atoms with van der Waals surface area (Å²) in [7, 11) is 0. The fourth-order valence-corrected chi connectivity index (χ4v) is 3.40. The molecular weight excluding hydrogens is 303 g/mol. The first-order valence-corrected chi connectivity index (χ1v) is 8.11. The summed E-state index contributed by atoms with van der Waals surface area (Å²) in [5, 5.41) is 11.9. The quantitative estimate of drug-likeness (QED) is 0.784. The van der Waals surface area contributed by atoms with Gasteiger partial charge in [0.05, 0.1) is 6.10 Å². The largest absolute Gasteiger partial charge is 0.388 e. The Balaban J connectivity index is 1.83. The molecule has 1 saturated carbocycles. The van der Waals surface area contributed by atoms with Crippen molar-refractivity contribution in [1.29, 1.82) is 0 Å². The van der Waals surface area contributed by atoms with E-state index < -0.39 is 6.10 Å². The molecule has 0 heterocycles. The highest BCUT2D eigenvalue weighted by Gasteiger charge is 2.24. The van der Waals surface area contributed by atoms with Crippen molar-refractivity contribution in [2.24, 2.45) is 0 Å². The first-order valence-electron chi connectivity index (χ1n) is 7.36. The number of aliphatic hydroxyl groups excluding tert-OH is 1. The highest BCUT2D eigenvalue weighted by atomic mass is 35.5. The molecule has 1 aliphatic rings. The lowest BCUT2D eigenvalue weighted by Gasteiger charge is -2.29. The van der Waals surface area contributed by atoms with Gasteiger partial charge in [-0.1, -0.05) is 60.0 Å². The van der Waals surface area contributed by atoms with Gasteiger partial charge >= 0.3 is 0 Å². The van der Waals surface area contributed by atoms with Crippen molar-refractivity contribution in [3.05, 3.63) is 69.2 Å². The first-order chi connectivity index (χ1) is 10.1. The summed E-state index contributed by atoms with van der Waals surface area (Å²) < 4.78 is 0. The van der Waals surface area contributed by atoms with Crippen molar-refractivity contribution < 1.29 is 5.11 Å². The van der Waals surface area contributed by atoms with Crippen molar-refractivity contribution in [2.45, 2.75) is 37.7 Å². The fraction of sp³-hybridized carbons (Fsp3) is 0.333. The second-order valence-corrected chi connectivity index (χ2v) is 6.56. The number of hydrogen-bond acceptors (Lipinski definition) is 1. The molecule has 3 rings (SSSR count). The van der Waals surface area contributed by atoms with E-state index in [2.05, 4.69) is 12.1 Å². The molecule has 0 aromatic heterocycles. The average molecular weight is 321 g/mol. The predicted octanol–water partition coefficient (Wildman–Crippen LogP) is 5.54. The number of halogens is 2. The summed E-state index contributed by atoms with van der Waals surface area (Å²) in [6.07, 6.45) is 3.73. The molecule has 1 fully saturated rings. The van der Waals surface area contributed by atoms with Crippen LogP contribution in [0.15, 0.2) is 42.5 Å². The van der Waals surface area contributed by atoms with Crippen molar-refractivity contribution in [2.75, 3.05) is 0 Å². The molecule has 0 amide bonds. The van der Waals surface area contributed by atoms with E-state index in [-0.39, 0.29) is 0 Å². The van der Waals surface area contributed by atoms with Crippen molar-refractivity contribution in [3.8, 4) is 0 Å². The van der Waals surface area contributed by atoms with Crippen molar-refractivity contribution in [3.63, 3.8) is 0 Å². The highest BCUT2D eigenvalue weighted by molar-refractivity contribution is 6.35. The van der Waals surface area contributed by atoms with Gasteiger partial charge in [0.25, 0.3) is 0 Å². The van der Waals surface area contributed by atoms with Crippen molar-refractivity contribution in [1.82, 2.24) is 0 Å². The number of benzene rings is 2. The molecule has 1 atom stereocenters. The van der Waals surface area contributed by atoms with Crippen LogP contribution in [-0.2, 0) is 6.42 Å². The molecule has 0 saturated heterocycles. The maximum absolute atomic E-state index is 10.6. The molecule has 110 valence electrons. The SMILES string of the molecule is OC(Cc1ccc(Cl)cc1Cl)c1ccccc1C1CCC1. The molecule has 21 heavy (non-hydrogen) atoms. The van der Waals surface area contributed by atoms with Gasteiger partial charge < -0.3 is 5.11 Å². The predicted molar refractivity (Wildman–Crippen MR) is 88.2 cm³/mol. The third kappa shape index (κ3) is 3.26. The second-order valence-electron chi connectivity index (χ2n) is 5.71. The zero-order chi connectivity index (χ0) is 14.8. The van der Waals surface area contributed by atoms with E-state index >= 15 is 0 Å². The molecule has 2 aromatic rings. The summed E-state index contributed by atoms with van der Waals surface area (Å²) in [6, 6.07) is 13.6. The lowest BCUT2D eigenvalue weighted by atomic mass is 9.77.